The van der Waals surface area contributed by atoms with E-state index in [1.807, 2.05) is 0 Å². The van der Waals surface area contributed by atoms with Crippen molar-refractivity contribution in [3.63, 3.8) is 0 Å². The molecule has 0 saturated heterocycles. The molecule has 0 aliphatic heterocycles. The molecule has 1 heterocycles. The molecule has 0 fully saturated rings. The van der Waals surface area contributed by atoms with Crippen LogP contribution >= 0.6 is 11.6 Å². The van der Waals surface area contributed by atoms with Crippen LogP contribution in [0.25, 0.3) is 16.3 Å². The number of ether oxygens (including phenoxy) is 1. The van der Waals surface area contributed by atoms with Gasteiger partial charge in [0.05, 0.1) is 23.2 Å². The maximum Gasteiger partial charge on any atom is 0.302 e. The molecule has 0 radical (unpaired) electrons. The number of carbonyl (C=O) groups is 1. The lowest BCUT2D eigenvalue weighted by Crippen LogP contribution is -2.28. The Kier molecular flexibility index (Phi) is 6.54. The van der Waals surface area contributed by atoms with E-state index in [0.29, 0.717) is 33.1 Å². The Balaban J connectivity index is 1.96. The molecule has 1 N–H and O–H groups in total. The first kappa shape index (κ1) is 21.8. The van der Waals surface area contributed by atoms with Gasteiger partial charge in [-0.2, -0.15) is 5.26 Å². The Morgan fingerprint density at radius 2 is 2.00 bits per heavy atom. The maximum atomic E-state index is 11.5. The first-order chi connectivity index (χ1) is 14.8. The smallest absolute Gasteiger partial charge is 0.302 e. The number of halogens is 1. The standard InChI is InChI=1S/C22H18ClN5O3/c1-12-17(9-10-18(25-4)19(12)23)26-20(13(2)30-14(3)29)22-28-27-21(31-22)16-7-5-15(11-24)6-8-16/h5-10,13,20,26H,1-3H3/t13-,20+/m0/s1. The molecule has 156 valence electrons. The van der Waals surface area contributed by atoms with Crippen molar-refractivity contribution >= 4 is 28.9 Å². The van der Waals surface area contributed by atoms with Gasteiger partial charge in [0.2, 0.25) is 17.5 Å². The van der Waals surface area contributed by atoms with Crippen LogP contribution in [0.3, 0.4) is 0 Å². The van der Waals surface area contributed by atoms with Gasteiger partial charge in [0.1, 0.15) is 12.1 Å². The Labute approximate surface area is 184 Å². The van der Waals surface area contributed by atoms with Gasteiger partial charge in [-0.1, -0.05) is 17.7 Å². The predicted molar refractivity (Wildman–Crippen MR) is 114 cm³/mol. The summed E-state index contributed by atoms with van der Waals surface area (Å²) in [5, 5.41) is 20.7. The number of nitrogens with one attached hydrogen (secondary N) is 1. The van der Waals surface area contributed by atoms with Crippen molar-refractivity contribution < 1.29 is 13.9 Å². The fraction of sp³-hybridized carbons (Fsp3) is 0.227. The number of carbonyl (C=O) groups excluding carboxylic acids is 1. The number of anilines is 1. The Morgan fingerprint density at radius 1 is 1.29 bits per heavy atom. The van der Waals surface area contributed by atoms with Crippen LogP contribution in [0.4, 0.5) is 11.4 Å². The van der Waals surface area contributed by atoms with Crippen LogP contribution in [0.15, 0.2) is 40.8 Å². The molecular weight excluding hydrogens is 418 g/mol. The number of aromatic nitrogens is 2. The normalized spacial score (nSPS) is 12.3. The van der Waals surface area contributed by atoms with E-state index >= 15 is 0 Å². The second kappa shape index (κ2) is 9.29. The molecule has 3 aromatic rings. The second-order valence-electron chi connectivity index (χ2n) is 6.75. The molecular formula is C22H18ClN5O3. The van der Waals surface area contributed by atoms with Crippen molar-refractivity contribution in [1.82, 2.24) is 10.2 Å². The minimum atomic E-state index is -0.669. The minimum absolute atomic E-state index is 0.206. The SMILES string of the molecule is [C-]#[N+]c1ccc(N[C@@H](c2nnc(-c3ccc(C#N)cc3)o2)[C@H](C)OC(C)=O)c(C)c1Cl. The Morgan fingerprint density at radius 3 is 2.61 bits per heavy atom. The summed E-state index contributed by atoms with van der Waals surface area (Å²) in [4.78, 5) is 14.9. The van der Waals surface area contributed by atoms with Gasteiger partial charge in [0, 0.05) is 18.2 Å². The Hall–Kier alpha value is -3.88. The van der Waals surface area contributed by atoms with E-state index < -0.39 is 18.1 Å². The third-order valence-electron chi connectivity index (χ3n) is 4.59. The summed E-state index contributed by atoms with van der Waals surface area (Å²) in [6, 6.07) is 11.4. The molecule has 0 unspecified atom stereocenters. The highest BCUT2D eigenvalue weighted by molar-refractivity contribution is 6.34. The molecule has 31 heavy (non-hydrogen) atoms. The second-order valence-corrected chi connectivity index (χ2v) is 7.13. The van der Waals surface area contributed by atoms with Gasteiger partial charge in [0.15, 0.2) is 0 Å². The van der Waals surface area contributed by atoms with Crippen LogP contribution < -0.4 is 5.32 Å². The van der Waals surface area contributed by atoms with Gasteiger partial charge >= 0.3 is 5.97 Å². The van der Waals surface area contributed by atoms with Gasteiger partial charge in [-0.25, -0.2) is 4.85 Å². The van der Waals surface area contributed by atoms with Crippen LogP contribution in [-0.2, 0) is 9.53 Å². The average molecular weight is 436 g/mol. The molecule has 0 aliphatic carbocycles. The summed E-state index contributed by atoms with van der Waals surface area (Å²) in [6.45, 7) is 12.0. The molecule has 2 atom stereocenters. The molecule has 3 rings (SSSR count). The number of benzene rings is 2. The first-order valence-electron chi connectivity index (χ1n) is 9.28. The van der Waals surface area contributed by atoms with E-state index in [-0.39, 0.29) is 11.8 Å². The van der Waals surface area contributed by atoms with Crippen LogP contribution in [0.1, 0.15) is 36.9 Å². The van der Waals surface area contributed by atoms with Crippen LogP contribution in [-0.4, -0.2) is 22.3 Å². The summed E-state index contributed by atoms with van der Waals surface area (Å²) < 4.78 is 11.2. The van der Waals surface area contributed by atoms with E-state index in [0.717, 1.165) is 0 Å². The fourth-order valence-corrected chi connectivity index (χ4v) is 3.16. The number of nitriles is 1. The molecule has 0 aliphatic rings. The first-order valence-corrected chi connectivity index (χ1v) is 9.66. The zero-order chi connectivity index (χ0) is 22.5. The highest BCUT2D eigenvalue weighted by atomic mass is 35.5. The average Bonchev–Trinajstić information content (AvgIpc) is 3.24. The van der Waals surface area contributed by atoms with Gasteiger partial charge in [-0.15, -0.1) is 10.2 Å². The van der Waals surface area contributed by atoms with E-state index in [2.05, 4.69) is 26.4 Å². The summed E-state index contributed by atoms with van der Waals surface area (Å²) in [7, 11) is 0. The molecule has 0 bridgehead atoms. The van der Waals surface area contributed by atoms with Gasteiger partial charge in [-0.05, 0) is 49.7 Å². The number of rotatable bonds is 6. The van der Waals surface area contributed by atoms with Gasteiger partial charge in [0.25, 0.3) is 0 Å². The molecule has 1 aromatic heterocycles. The van der Waals surface area contributed by atoms with E-state index in [4.69, 9.17) is 32.6 Å². The highest BCUT2D eigenvalue weighted by Crippen LogP contribution is 2.35. The fourth-order valence-electron chi connectivity index (χ4n) is 2.95. The summed E-state index contributed by atoms with van der Waals surface area (Å²) >= 11 is 6.29. The third-order valence-corrected chi connectivity index (χ3v) is 5.06. The third kappa shape index (κ3) is 4.82. The number of hydrogen-bond acceptors (Lipinski definition) is 7. The largest absolute Gasteiger partial charge is 0.460 e. The molecule has 0 saturated carbocycles. The lowest BCUT2D eigenvalue weighted by Gasteiger charge is -2.24. The number of hydrogen-bond donors (Lipinski definition) is 1. The topological polar surface area (TPSA) is 105 Å². The zero-order valence-corrected chi connectivity index (χ0v) is 17.8. The van der Waals surface area contributed by atoms with Crippen molar-refractivity contribution in [2.24, 2.45) is 0 Å². The summed E-state index contributed by atoms with van der Waals surface area (Å²) in [5.41, 5.74) is 2.82. The molecule has 9 heteroatoms. The van der Waals surface area contributed by atoms with Crippen LogP contribution in [0, 0.1) is 24.8 Å². The predicted octanol–water partition coefficient (Wildman–Crippen LogP) is 5.23. The van der Waals surface area contributed by atoms with Crippen molar-refractivity contribution in [3.8, 4) is 17.5 Å². The lowest BCUT2D eigenvalue weighted by molar-refractivity contribution is -0.146. The Bertz CT molecular complexity index is 1190. The van der Waals surface area contributed by atoms with Crippen molar-refractivity contribution in [2.45, 2.75) is 32.9 Å². The van der Waals surface area contributed by atoms with Crippen molar-refractivity contribution in [1.29, 1.82) is 5.26 Å². The molecule has 2 aromatic carbocycles. The maximum absolute atomic E-state index is 11.5. The molecule has 0 spiro atoms. The van der Waals surface area contributed by atoms with Gasteiger partial charge < -0.3 is 14.5 Å². The molecule has 0 amide bonds. The zero-order valence-electron chi connectivity index (χ0n) is 17.0. The van der Waals surface area contributed by atoms with Gasteiger partial charge in [-0.3, -0.25) is 4.79 Å². The monoisotopic (exact) mass is 435 g/mol. The summed E-state index contributed by atoms with van der Waals surface area (Å²) in [5.74, 6) is 0.0153. The van der Waals surface area contributed by atoms with E-state index in [1.165, 1.54) is 6.92 Å². The molecule has 8 nitrogen and oxygen atoms in total. The number of nitrogens with zero attached hydrogens (tertiary/aromatic N) is 4. The quantitative estimate of drug-likeness (QED) is 0.417. The minimum Gasteiger partial charge on any atom is -0.460 e. The van der Waals surface area contributed by atoms with Crippen molar-refractivity contribution in [2.75, 3.05) is 5.32 Å². The van der Waals surface area contributed by atoms with Crippen LogP contribution in [0.2, 0.25) is 5.02 Å². The van der Waals surface area contributed by atoms with E-state index in [1.54, 1.807) is 50.2 Å². The number of esters is 1. The lowest BCUT2D eigenvalue weighted by atomic mass is 10.1. The summed E-state index contributed by atoms with van der Waals surface area (Å²) in [6.07, 6.45) is -0.648. The van der Waals surface area contributed by atoms with E-state index in [9.17, 15) is 4.79 Å². The highest BCUT2D eigenvalue weighted by Gasteiger charge is 2.28. The van der Waals surface area contributed by atoms with Crippen molar-refractivity contribution in [3.05, 3.63) is 69.9 Å². The van der Waals surface area contributed by atoms with Crippen LogP contribution in [0.5, 0.6) is 0 Å².